The predicted octanol–water partition coefficient (Wildman–Crippen LogP) is 3.17. The number of benzene rings is 1. The topological polar surface area (TPSA) is 20.2 Å². The van der Waals surface area contributed by atoms with E-state index in [1.807, 2.05) is 0 Å². The van der Waals surface area contributed by atoms with Crippen LogP contribution in [-0.2, 0) is 0 Å². The monoisotopic (exact) mass is 250 g/mol. The Bertz CT molecular complexity index is 315. The van der Waals surface area contributed by atoms with Gasteiger partial charge in [-0.15, -0.1) is 0 Å². The third-order valence-corrected chi connectivity index (χ3v) is 2.41. The molecule has 1 aromatic carbocycles. The van der Waals surface area contributed by atoms with Gasteiger partial charge in [0.15, 0.2) is 0 Å². The molecule has 0 spiro atoms. The van der Waals surface area contributed by atoms with Crippen LogP contribution in [0.5, 0.6) is 0 Å². The summed E-state index contributed by atoms with van der Waals surface area (Å²) in [5.74, 6) is -1.44. The van der Waals surface area contributed by atoms with Crippen molar-refractivity contribution in [1.82, 2.24) is 0 Å². The molecular weight excluding hydrogens is 242 g/mol. The van der Waals surface area contributed by atoms with E-state index in [0.717, 1.165) is 6.07 Å². The van der Waals surface area contributed by atoms with Crippen molar-refractivity contribution in [3.05, 3.63) is 33.8 Å². The van der Waals surface area contributed by atoms with Gasteiger partial charge >= 0.3 is 0 Å². The van der Waals surface area contributed by atoms with E-state index in [1.165, 1.54) is 6.07 Å². The molecule has 4 heteroatoms. The number of aliphatic hydroxyl groups excluding tert-OH is 1. The van der Waals surface area contributed by atoms with Crippen molar-refractivity contribution < 1.29 is 13.9 Å². The van der Waals surface area contributed by atoms with E-state index >= 15 is 0 Å². The van der Waals surface area contributed by atoms with Gasteiger partial charge in [-0.1, -0.05) is 6.92 Å². The Morgan fingerprint density at radius 1 is 1.46 bits per heavy atom. The summed E-state index contributed by atoms with van der Waals surface area (Å²) in [6.07, 6.45) is -0.804. The van der Waals surface area contributed by atoms with Crippen LogP contribution in [0.2, 0.25) is 0 Å². The summed E-state index contributed by atoms with van der Waals surface area (Å²) in [5.41, 5.74) is -0.267. The highest BCUT2D eigenvalue weighted by Gasteiger charge is 2.18. The van der Waals surface area contributed by atoms with Crippen LogP contribution in [0.15, 0.2) is 16.6 Å². The zero-order valence-electron chi connectivity index (χ0n) is 7.02. The van der Waals surface area contributed by atoms with Crippen LogP contribution in [-0.4, -0.2) is 5.11 Å². The molecule has 0 heterocycles. The molecule has 0 saturated carbocycles. The van der Waals surface area contributed by atoms with Gasteiger partial charge in [0.25, 0.3) is 0 Å². The van der Waals surface area contributed by atoms with E-state index < -0.39 is 17.7 Å². The summed E-state index contributed by atoms with van der Waals surface area (Å²) in [5, 5.41) is 9.31. The molecule has 1 atom stereocenters. The molecule has 1 aromatic rings. The summed E-state index contributed by atoms with van der Waals surface area (Å²) in [6, 6.07) is 2.40. The van der Waals surface area contributed by atoms with E-state index in [2.05, 4.69) is 15.9 Å². The minimum atomic E-state index is -1.09. The molecule has 0 amide bonds. The molecule has 72 valence electrons. The second kappa shape index (κ2) is 4.15. The Kier molecular flexibility index (Phi) is 3.39. The lowest BCUT2D eigenvalue weighted by Crippen LogP contribution is -2.03. The average Bonchev–Trinajstić information content (AvgIpc) is 2.12. The lowest BCUT2D eigenvalue weighted by atomic mass is 10.1. The highest BCUT2D eigenvalue weighted by atomic mass is 79.9. The van der Waals surface area contributed by atoms with Crippen molar-refractivity contribution in [1.29, 1.82) is 0 Å². The Morgan fingerprint density at radius 3 is 2.62 bits per heavy atom. The minimum Gasteiger partial charge on any atom is -0.388 e. The van der Waals surface area contributed by atoms with Gasteiger partial charge < -0.3 is 5.11 Å². The maximum atomic E-state index is 13.3. The molecule has 0 aliphatic carbocycles. The lowest BCUT2D eigenvalue weighted by molar-refractivity contribution is 0.163. The molecule has 1 N–H and O–H groups in total. The number of rotatable bonds is 2. The summed E-state index contributed by atoms with van der Waals surface area (Å²) < 4.78 is 26.5. The normalized spacial score (nSPS) is 13.0. The maximum Gasteiger partial charge on any atom is 0.146 e. The van der Waals surface area contributed by atoms with Gasteiger partial charge in [0, 0.05) is 0 Å². The standard InChI is InChI=1S/C9H9BrF2O/c1-2-7(13)8-6(11)4-3-5(10)9(8)12/h3-4,7,13H,2H2,1H3. The molecule has 0 bridgehead atoms. The lowest BCUT2D eigenvalue weighted by Gasteiger charge is -2.11. The van der Waals surface area contributed by atoms with Crippen molar-refractivity contribution in [2.24, 2.45) is 0 Å². The van der Waals surface area contributed by atoms with Gasteiger partial charge in [-0.05, 0) is 34.5 Å². The van der Waals surface area contributed by atoms with Gasteiger partial charge in [-0.3, -0.25) is 0 Å². The largest absolute Gasteiger partial charge is 0.388 e. The molecule has 13 heavy (non-hydrogen) atoms. The Morgan fingerprint density at radius 2 is 2.08 bits per heavy atom. The molecule has 1 rings (SSSR count). The van der Waals surface area contributed by atoms with Crippen molar-refractivity contribution in [3.63, 3.8) is 0 Å². The van der Waals surface area contributed by atoms with Crippen LogP contribution in [0.3, 0.4) is 0 Å². The van der Waals surface area contributed by atoms with Gasteiger partial charge in [-0.2, -0.15) is 0 Å². The van der Waals surface area contributed by atoms with Gasteiger partial charge in [-0.25, -0.2) is 8.78 Å². The molecule has 0 aromatic heterocycles. The van der Waals surface area contributed by atoms with Crippen LogP contribution in [0.4, 0.5) is 8.78 Å². The second-order valence-corrected chi connectivity index (χ2v) is 3.54. The highest BCUT2D eigenvalue weighted by Crippen LogP contribution is 2.27. The zero-order valence-corrected chi connectivity index (χ0v) is 8.61. The number of hydrogen-bond donors (Lipinski definition) is 1. The fourth-order valence-corrected chi connectivity index (χ4v) is 1.40. The fraction of sp³-hybridized carbons (Fsp3) is 0.333. The molecular formula is C9H9BrF2O. The van der Waals surface area contributed by atoms with Crippen molar-refractivity contribution in [2.45, 2.75) is 19.4 Å². The Labute approximate surface area is 83.5 Å². The molecule has 1 unspecified atom stereocenters. The van der Waals surface area contributed by atoms with E-state index in [1.54, 1.807) is 6.92 Å². The summed E-state index contributed by atoms with van der Waals surface area (Å²) >= 11 is 2.92. The fourth-order valence-electron chi connectivity index (χ4n) is 1.05. The van der Waals surface area contributed by atoms with Crippen molar-refractivity contribution >= 4 is 15.9 Å². The summed E-state index contributed by atoms with van der Waals surface area (Å²) in [4.78, 5) is 0. The Balaban J connectivity index is 3.25. The SMILES string of the molecule is CCC(O)c1c(F)ccc(Br)c1F. The van der Waals surface area contributed by atoms with Gasteiger partial charge in [0.05, 0.1) is 16.1 Å². The van der Waals surface area contributed by atoms with Crippen LogP contribution < -0.4 is 0 Å². The first-order chi connectivity index (χ1) is 6.07. The van der Waals surface area contributed by atoms with E-state index in [0.29, 0.717) is 0 Å². The van der Waals surface area contributed by atoms with Crippen LogP contribution >= 0.6 is 15.9 Å². The molecule has 1 nitrogen and oxygen atoms in total. The highest BCUT2D eigenvalue weighted by molar-refractivity contribution is 9.10. The van der Waals surface area contributed by atoms with Gasteiger partial charge in [0.1, 0.15) is 11.6 Å². The first-order valence-electron chi connectivity index (χ1n) is 3.89. The third-order valence-electron chi connectivity index (χ3n) is 1.80. The van der Waals surface area contributed by atoms with Gasteiger partial charge in [0.2, 0.25) is 0 Å². The molecule has 0 saturated heterocycles. The van der Waals surface area contributed by atoms with E-state index in [4.69, 9.17) is 0 Å². The summed E-state index contributed by atoms with van der Waals surface area (Å²) in [6.45, 7) is 1.66. The van der Waals surface area contributed by atoms with Crippen molar-refractivity contribution in [2.75, 3.05) is 0 Å². The zero-order chi connectivity index (χ0) is 10.0. The second-order valence-electron chi connectivity index (χ2n) is 2.68. The molecule has 0 aliphatic rings. The average molecular weight is 251 g/mol. The first kappa shape index (κ1) is 10.6. The predicted molar refractivity (Wildman–Crippen MR) is 49.3 cm³/mol. The van der Waals surface area contributed by atoms with E-state index in [9.17, 15) is 13.9 Å². The number of aliphatic hydroxyl groups is 1. The van der Waals surface area contributed by atoms with Crippen molar-refractivity contribution in [3.8, 4) is 0 Å². The smallest absolute Gasteiger partial charge is 0.146 e. The van der Waals surface area contributed by atoms with Crippen LogP contribution in [0, 0.1) is 11.6 Å². The molecule has 0 fully saturated rings. The molecule has 0 radical (unpaired) electrons. The third kappa shape index (κ3) is 2.06. The quantitative estimate of drug-likeness (QED) is 0.800. The number of hydrogen-bond acceptors (Lipinski definition) is 1. The van der Waals surface area contributed by atoms with Crippen LogP contribution in [0.25, 0.3) is 0 Å². The first-order valence-corrected chi connectivity index (χ1v) is 4.68. The van der Waals surface area contributed by atoms with E-state index in [-0.39, 0.29) is 16.5 Å². The maximum absolute atomic E-state index is 13.3. The molecule has 0 aliphatic heterocycles. The summed E-state index contributed by atoms with van der Waals surface area (Å²) in [7, 11) is 0. The number of halogens is 3. The minimum absolute atomic E-state index is 0.163. The van der Waals surface area contributed by atoms with Crippen LogP contribution in [0.1, 0.15) is 25.0 Å². The Hall–Kier alpha value is -0.480.